The molecule has 0 saturated carbocycles. The van der Waals surface area contributed by atoms with Crippen molar-refractivity contribution in [1.29, 1.82) is 0 Å². The van der Waals surface area contributed by atoms with Crippen LogP contribution in [0, 0.1) is 0 Å². The Hall–Kier alpha value is -1.64. The van der Waals surface area contributed by atoms with E-state index in [1.165, 1.54) is 0 Å². The maximum absolute atomic E-state index is 11.4. The van der Waals surface area contributed by atoms with E-state index in [0.717, 1.165) is 5.56 Å². The Morgan fingerprint density at radius 2 is 1.71 bits per heavy atom. The molecule has 0 bridgehead atoms. The van der Waals surface area contributed by atoms with E-state index >= 15 is 0 Å². The first kappa shape index (κ1) is 8.94. The van der Waals surface area contributed by atoms with E-state index in [-0.39, 0.29) is 5.76 Å². The van der Waals surface area contributed by atoms with Crippen LogP contribution in [0.15, 0.2) is 36.3 Å². The summed E-state index contributed by atoms with van der Waals surface area (Å²) in [5, 5.41) is 11.4. The fraction of sp³-hybridized carbons (Fsp3) is 0.273. The van der Waals surface area contributed by atoms with Crippen LogP contribution in [0.5, 0.6) is 0 Å². The molecule has 74 valence electrons. The first-order valence-corrected chi connectivity index (χ1v) is 4.43. The first-order valence-electron chi connectivity index (χ1n) is 4.43. The van der Waals surface area contributed by atoms with Crippen molar-refractivity contribution in [2.45, 2.75) is 19.6 Å². The van der Waals surface area contributed by atoms with Gasteiger partial charge in [0, 0.05) is 5.56 Å². The molecule has 0 saturated heterocycles. The second-order valence-electron chi connectivity index (χ2n) is 3.59. The van der Waals surface area contributed by atoms with Gasteiger partial charge in [0.2, 0.25) is 0 Å². The van der Waals surface area contributed by atoms with E-state index in [4.69, 9.17) is 9.47 Å². The topological polar surface area (TPSA) is 41.5 Å². The molecule has 0 atom stereocenters. The van der Waals surface area contributed by atoms with Crippen LogP contribution in [0.25, 0.3) is 5.76 Å². The van der Waals surface area contributed by atoms with E-state index in [9.17, 15) is 5.11 Å². The van der Waals surface area contributed by atoms with Crippen molar-refractivity contribution in [2.24, 2.45) is 0 Å². The number of hydrogen-bond donors (Lipinski definition) is 0. The normalized spacial score (nSPS) is 19.0. The van der Waals surface area contributed by atoms with Gasteiger partial charge in [-0.1, -0.05) is 30.3 Å². The summed E-state index contributed by atoms with van der Waals surface area (Å²) in [5.74, 6) is -0.959. The second kappa shape index (κ2) is 2.94. The molecule has 1 aliphatic heterocycles. The molecule has 1 aromatic rings. The molecule has 1 aromatic carbocycles. The highest BCUT2D eigenvalue weighted by Gasteiger charge is 2.26. The highest BCUT2D eigenvalue weighted by Crippen LogP contribution is 2.33. The van der Waals surface area contributed by atoms with Crippen LogP contribution in [0.3, 0.4) is 0 Å². The summed E-state index contributed by atoms with van der Waals surface area (Å²) in [6.07, 6.45) is 0. The van der Waals surface area contributed by atoms with Gasteiger partial charge in [0.15, 0.2) is 11.5 Å². The molecule has 0 aliphatic carbocycles. The van der Waals surface area contributed by atoms with Crippen LogP contribution in [0.2, 0.25) is 0 Å². The third-order valence-corrected chi connectivity index (χ3v) is 1.91. The summed E-state index contributed by atoms with van der Waals surface area (Å²) >= 11 is 0. The predicted molar refractivity (Wildman–Crippen MR) is 49.6 cm³/mol. The van der Waals surface area contributed by atoms with Crippen LogP contribution in [-0.4, -0.2) is 5.79 Å². The zero-order valence-corrected chi connectivity index (χ0v) is 8.11. The van der Waals surface area contributed by atoms with Crippen LogP contribution in [0.1, 0.15) is 19.4 Å². The molecule has 0 N–H and O–H groups in total. The van der Waals surface area contributed by atoms with Gasteiger partial charge in [0.25, 0.3) is 0 Å². The van der Waals surface area contributed by atoms with Gasteiger partial charge in [0.1, 0.15) is 0 Å². The third-order valence-electron chi connectivity index (χ3n) is 1.91. The second-order valence-corrected chi connectivity index (χ2v) is 3.59. The van der Waals surface area contributed by atoms with Crippen LogP contribution in [-0.2, 0) is 9.47 Å². The monoisotopic (exact) mass is 191 g/mol. The largest absolute Gasteiger partial charge is 0.573 e. The molecule has 2 rings (SSSR count). The van der Waals surface area contributed by atoms with Gasteiger partial charge in [-0.2, -0.15) is 0 Å². The molecule has 0 spiro atoms. The standard InChI is InChI=1S/C11H12O3/c1-11(2)13-9(10(12)14-11)8-6-4-3-5-7-8/h3-7,12H,1-2H3/p-1. The number of rotatable bonds is 1. The van der Waals surface area contributed by atoms with Gasteiger partial charge in [-0.05, 0) is 13.8 Å². The lowest BCUT2D eigenvalue weighted by Crippen LogP contribution is -2.22. The van der Waals surface area contributed by atoms with Gasteiger partial charge < -0.3 is 14.6 Å². The average Bonchev–Trinajstić information content (AvgIpc) is 2.41. The Kier molecular flexibility index (Phi) is 1.88. The summed E-state index contributed by atoms with van der Waals surface area (Å²) in [6.45, 7) is 3.42. The minimum Gasteiger partial charge on any atom is -0.573 e. The van der Waals surface area contributed by atoms with Crippen LogP contribution >= 0.6 is 0 Å². The van der Waals surface area contributed by atoms with Crippen molar-refractivity contribution >= 4 is 5.76 Å². The summed E-state index contributed by atoms with van der Waals surface area (Å²) in [7, 11) is 0. The van der Waals surface area contributed by atoms with Crippen LogP contribution in [0.4, 0.5) is 0 Å². The number of benzene rings is 1. The zero-order valence-electron chi connectivity index (χ0n) is 8.11. The molecule has 0 radical (unpaired) electrons. The first-order chi connectivity index (χ1) is 6.58. The summed E-state index contributed by atoms with van der Waals surface area (Å²) in [4.78, 5) is 0. The maximum atomic E-state index is 11.4. The van der Waals surface area contributed by atoms with Crippen molar-refractivity contribution in [1.82, 2.24) is 0 Å². The molecule has 0 fully saturated rings. The fourth-order valence-electron chi connectivity index (χ4n) is 1.34. The third kappa shape index (κ3) is 1.53. The highest BCUT2D eigenvalue weighted by atomic mass is 16.8. The molecular formula is C11H11O3-. The maximum Gasteiger partial charge on any atom is 0.156 e. The Morgan fingerprint density at radius 1 is 1.07 bits per heavy atom. The molecule has 14 heavy (non-hydrogen) atoms. The van der Waals surface area contributed by atoms with Crippen molar-refractivity contribution in [3.8, 4) is 0 Å². The smallest absolute Gasteiger partial charge is 0.156 e. The Balaban J connectivity index is 2.33. The van der Waals surface area contributed by atoms with Crippen LogP contribution < -0.4 is 5.11 Å². The number of hydrogen-bond acceptors (Lipinski definition) is 3. The van der Waals surface area contributed by atoms with E-state index in [2.05, 4.69) is 0 Å². The quantitative estimate of drug-likeness (QED) is 0.674. The Bertz CT molecular complexity index is 365. The zero-order chi connectivity index (χ0) is 10.2. The Labute approximate surface area is 82.6 Å². The summed E-state index contributed by atoms with van der Waals surface area (Å²) in [5.41, 5.74) is 0.753. The fourth-order valence-corrected chi connectivity index (χ4v) is 1.34. The molecule has 1 heterocycles. The van der Waals surface area contributed by atoms with Gasteiger partial charge in [0.05, 0.1) is 5.95 Å². The molecule has 3 heteroatoms. The van der Waals surface area contributed by atoms with Gasteiger partial charge >= 0.3 is 0 Å². The van der Waals surface area contributed by atoms with E-state index in [1.807, 2.05) is 30.3 Å². The molecule has 0 unspecified atom stereocenters. The van der Waals surface area contributed by atoms with Crippen molar-refractivity contribution < 1.29 is 14.6 Å². The van der Waals surface area contributed by atoms with E-state index in [1.54, 1.807) is 13.8 Å². The lowest BCUT2D eigenvalue weighted by atomic mass is 10.2. The van der Waals surface area contributed by atoms with Gasteiger partial charge in [-0.25, -0.2) is 0 Å². The SMILES string of the molecule is CC1(C)OC([O-])=C(c2ccccc2)O1. The van der Waals surface area contributed by atoms with Crippen molar-refractivity contribution in [3.63, 3.8) is 0 Å². The molecule has 0 amide bonds. The molecule has 3 nitrogen and oxygen atoms in total. The predicted octanol–water partition coefficient (Wildman–Crippen LogP) is 1.46. The molecule has 1 aliphatic rings. The van der Waals surface area contributed by atoms with Crippen molar-refractivity contribution in [3.05, 3.63) is 41.8 Å². The van der Waals surface area contributed by atoms with Gasteiger partial charge in [-0.3, -0.25) is 0 Å². The molecule has 0 aromatic heterocycles. The Morgan fingerprint density at radius 3 is 2.21 bits per heavy atom. The lowest BCUT2D eigenvalue weighted by molar-refractivity contribution is -0.368. The van der Waals surface area contributed by atoms with Crippen molar-refractivity contribution in [2.75, 3.05) is 0 Å². The summed E-state index contributed by atoms with van der Waals surface area (Å²) < 4.78 is 10.4. The highest BCUT2D eigenvalue weighted by molar-refractivity contribution is 5.61. The lowest BCUT2D eigenvalue weighted by Gasteiger charge is -2.25. The van der Waals surface area contributed by atoms with E-state index in [0.29, 0.717) is 0 Å². The minimum atomic E-state index is -0.845. The van der Waals surface area contributed by atoms with E-state index < -0.39 is 11.7 Å². The minimum absolute atomic E-state index is 0.288. The van der Waals surface area contributed by atoms with Gasteiger partial charge in [-0.15, -0.1) is 0 Å². The average molecular weight is 191 g/mol. The molecular weight excluding hydrogens is 180 g/mol. The number of ether oxygens (including phenoxy) is 2. The summed E-state index contributed by atoms with van der Waals surface area (Å²) in [6, 6.07) is 9.22.